The number of thioether (sulfide) groups is 1. The van der Waals surface area contributed by atoms with Crippen LogP contribution in [-0.4, -0.2) is 40.8 Å². The number of nitrogens with one attached hydrogen (secondary N) is 3. The van der Waals surface area contributed by atoms with Gasteiger partial charge in [-0.2, -0.15) is 11.8 Å². The Labute approximate surface area is 111 Å². The van der Waals surface area contributed by atoms with Gasteiger partial charge in [0.2, 0.25) is 5.91 Å². The Balaban J connectivity index is 1.57. The van der Waals surface area contributed by atoms with Crippen LogP contribution < -0.4 is 10.6 Å². The summed E-state index contributed by atoms with van der Waals surface area (Å²) in [4.78, 5) is 18.9. The molecule has 1 unspecified atom stereocenters. The van der Waals surface area contributed by atoms with Crippen molar-refractivity contribution in [1.82, 2.24) is 20.6 Å². The van der Waals surface area contributed by atoms with Gasteiger partial charge in [0.05, 0.1) is 12.0 Å². The van der Waals surface area contributed by atoms with Crippen molar-refractivity contribution >= 4 is 17.7 Å². The van der Waals surface area contributed by atoms with Crippen LogP contribution in [0.5, 0.6) is 0 Å². The molecular formula is C12H18N4OS. The van der Waals surface area contributed by atoms with Crippen LogP contribution >= 0.6 is 11.8 Å². The Morgan fingerprint density at radius 3 is 3.22 bits per heavy atom. The maximum Gasteiger partial charge on any atom is 0.241 e. The minimum atomic E-state index is -0.149. The molecule has 0 fully saturated rings. The smallest absolute Gasteiger partial charge is 0.241 e. The molecule has 1 aromatic rings. The molecule has 1 amide bonds. The van der Waals surface area contributed by atoms with Crippen molar-refractivity contribution in [2.24, 2.45) is 0 Å². The molecule has 0 aromatic carbocycles. The third-order valence-corrected chi connectivity index (χ3v) is 3.76. The fourth-order valence-corrected chi connectivity index (χ4v) is 2.58. The van der Waals surface area contributed by atoms with Crippen LogP contribution in [0, 0.1) is 6.92 Å². The number of aromatic nitrogens is 2. The Bertz CT molecular complexity index is 429. The van der Waals surface area contributed by atoms with E-state index in [4.69, 9.17) is 0 Å². The van der Waals surface area contributed by atoms with Gasteiger partial charge < -0.3 is 10.3 Å². The fourth-order valence-electron chi connectivity index (χ4n) is 1.71. The van der Waals surface area contributed by atoms with Gasteiger partial charge in [0.15, 0.2) is 0 Å². The molecular weight excluding hydrogens is 248 g/mol. The lowest BCUT2D eigenvalue weighted by molar-refractivity contribution is -0.121. The summed E-state index contributed by atoms with van der Waals surface area (Å²) in [6, 6.07) is -0.149. The van der Waals surface area contributed by atoms with Crippen molar-refractivity contribution in [3.8, 4) is 0 Å². The van der Waals surface area contributed by atoms with Crippen LogP contribution in [0.15, 0.2) is 18.5 Å². The number of carbonyl (C=O) groups is 1. The SMILES string of the molecule is Cc1[nH]cnc1CSCCNC(=O)C1C=CCN1. The minimum Gasteiger partial charge on any atom is -0.354 e. The average molecular weight is 266 g/mol. The molecule has 0 spiro atoms. The van der Waals surface area contributed by atoms with E-state index in [-0.39, 0.29) is 11.9 Å². The van der Waals surface area contributed by atoms with E-state index in [9.17, 15) is 4.79 Å². The Hall–Kier alpha value is -1.27. The number of aromatic amines is 1. The molecule has 0 bridgehead atoms. The van der Waals surface area contributed by atoms with Crippen LogP contribution in [0.25, 0.3) is 0 Å². The molecule has 1 aliphatic heterocycles. The molecule has 1 aromatic heterocycles. The number of hydrogen-bond donors (Lipinski definition) is 3. The van der Waals surface area contributed by atoms with Crippen LogP contribution in [0.2, 0.25) is 0 Å². The quantitative estimate of drug-likeness (QED) is 0.521. The van der Waals surface area contributed by atoms with Crippen molar-refractivity contribution in [3.63, 3.8) is 0 Å². The molecule has 0 saturated heterocycles. The minimum absolute atomic E-state index is 0.0558. The van der Waals surface area contributed by atoms with Gasteiger partial charge in [-0.25, -0.2) is 4.98 Å². The highest BCUT2D eigenvalue weighted by atomic mass is 32.2. The molecule has 0 radical (unpaired) electrons. The second kappa shape index (κ2) is 6.61. The van der Waals surface area contributed by atoms with Gasteiger partial charge >= 0.3 is 0 Å². The number of nitrogens with zero attached hydrogens (tertiary/aromatic N) is 1. The summed E-state index contributed by atoms with van der Waals surface area (Å²) in [6.07, 6.45) is 5.58. The molecule has 1 aliphatic rings. The van der Waals surface area contributed by atoms with Gasteiger partial charge in [0, 0.05) is 30.3 Å². The Morgan fingerprint density at radius 2 is 2.56 bits per heavy atom. The fraction of sp³-hybridized carbons (Fsp3) is 0.500. The van der Waals surface area contributed by atoms with E-state index in [0.717, 1.165) is 29.4 Å². The van der Waals surface area contributed by atoms with Crippen molar-refractivity contribution in [2.45, 2.75) is 18.7 Å². The van der Waals surface area contributed by atoms with E-state index in [1.807, 2.05) is 19.1 Å². The summed E-state index contributed by atoms with van der Waals surface area (Å²) in [6.45, 7) is 3.49. The van der Waals surface area contributed by atoms with Gasteiger partial charge in [-0.05, 0) is 6.92 Å². The lowest BCUT2D eigenvalue weighted by Crippen LogP contribution is -2.41. The van der Waals surface area contributed by atoms with Gasteiger partial charge in [-0.3, -0.25) is 10.1 Å². The van der Waals surface area contributed by atoms with E-state index in [1.165, 1.54) is 0 Å². The Morgan fingerprint density at radius 1 is 1.67 bits per heavy atom. The Kier molecular flexibility index (Phi) is 4.83. The molecule has 18 heavy (non-hydrogen) atoms. The zero-order valence-electron chi connectivity index (χ0n) is 10.4. The standard InChI is InChI=1S/C12H18N4OS/c1-9-11(16-8-15-9)7-18-6-5-14-12(17)10-3-2-4-13-10/h2-3,8,10,13H,4-7H2,1H3,(H,14,17)(H,15,16). The predicted molar refractivity (Wildman–Crippen MR) is 73.4 cm³/mol. The van der Waals surface area contributed by atoms with E-state index in [1.54, 1.807) is 18.1 Å². The number of H-pyrrole nitrogens is 1. The summed E-state index contributed by atoms with van der Waals surface area (Å²) < 4.78 is 0. The van der Waals surface area contributed by atoms with Gasteiger partial charge in [0.1, 0.15) is 6.04 Å². The largest absolute Gasteiger partial charge is 0.354 e. The van der Waals surface area contributed by atoms with Crippen molar-refractivity contribution in [3.05, 3.63) is 29.9 Å². The molecule has 1 atom stereocenters. The first kappa shape index (κ1) is 13.2. The highest BCUT2D eigenvalue weighted by Crippen LogP contribution is 2.11. The number of rotatable bonds is 6. The van der Waals surface area contributed by atoms with Gasteiger partial charge in [0.25, 0.3) is 0 Å². The maximum atomic E-state index is 11.6. The van der Waals surface area contributed by atoms with Crippen molar-refractivity contribution < 1.29 is 4.79 Å². The lowest BCUT2D eigenvalue weighted by Gasteiger charge is -2.09. The molecule has 2 rings (SSSR count). The second-order valence-corrected chi connectivity index (χ2v) is 5.24. The van der Waals surface area contributed by atoms with Crippen LogP contribution in [0.3, 0.4) is 0 Å². The first-order valence-corrected chi connectivity index (χ1v) is 7.17. The number of carbonyl (C=O) groups excluding carboxylic acids is 1. The van der Waals surface area contributed by atoms with Gasteiger partial charge in [-0.15, -0.1) is 0 Å². The lowest BCUT2D eigenvalue weighted by atomic mass is 10.3. The summed E-state index contributed by atoms with van der Waals surface area (Å²) in [5, 5.41) is 6.00. The van der Waals surface area contributed by atoms with E-state index in [2.05, 4.69) is 20.6 Å². The molecule has 5 nitrogen and oxygen atoms in total. The van der Waals surface area contributed by atoms with E-state index < -0.39 is 0 Å². The zero-order chi connectivity index (χ0) is 12.8. The zero-order valence-corrected chi connectivity index (χ0v) is 11.2. The first-order valence-electron chi connectivity index (χ1n) is 6.01. The first-order chi connectivity index (χ1) is 8.77. The number of hydrogen-bond acceptors (Lipinski definition) is 4. The third kappa shape index (κ3) is 3.61. The van der Waals surface area contributed by atoms with Crippen molar-refractivity contribution in [1.29, 1.82) is 0 Å². The summed E-state index contributed by atoms with van der Waals surface area (Å²) in [5.74, 6) is 1.83. The number of amides is 1. The molecule has 98 valence electrons. The topological polar surface area (TPSA) is 69.8 Å². The van der Waals surface area contributed by atoms with Crippen molar-refractivity contribution in [2.75, 3.05) is 18.8 Å². The molecule has 0 aliphatic carbocycles. The normalized spacial score (nSPS) is 18.2. The number of imidazole rings is 1. The predicted octanol–water partition coefficient (Wildman–Crippen LogP) is 0.596. The van der Waals surface area contributed by atoms with Crippen LogP contribution in [0.4, 0.5) is 0 Å². The highest BCUT2D eigenvalue weighted by molar-refractivity contribution is 7.98. The van der Waals surface area contributed by atoms with Gasteiger partial charge in [-0.1, -0.05) is 12.2 Å². The van der Waals surface area contributed by atoms with Crippen LogP contribution in [-0.2, 0) is 10.5 Å². The van der Waals surface area contributed by atoms with E-state index in [0.29, 0.717) is 6.54 Å². The highest BCUT2D eigenvalue weighted by Gasteiger charge is 2.16. The molecule has 3 N–H and O–H groups in total. The monoisotopic (exact) mass is 266 g/mol. The van der Waals surface area contributed by atoms with E-state index >= 15 is 0 Å². The third-order valence-electron chi connectivity index (χ3n) is 2.79. The summed E-state index contributed by atoms with van der Waals surface area (Å²) in [7, 11) is 0. The summed E-state index contributed by atoms with van der Waals surface area (Å²) >= 11 is 1.77. The molecule has 2 heterocycles. The summed E-state index contributed by atoms with van der Waals surface area (Å²) in [5.41, 5.74) is 2.21. The number of aryl methyl sites for hydroxylation is 1. The molecule has 0 saturated carbocycles. The van der Waals surface area contributed by atoms with Crippen LogP contribution in [0.1, 0.15) is 11.4 Å². The average Bonchev–Trinajstić information content (AvgIpc) is 3.00. The maximum absolute atomic E-state index is 11.6. The molecule has 6 heteroatoms. The second-order valence-electron chi connectivity index (χ2n) is 4.13.